The number of amides is 2. The maximum atomic E-state index is 12.1. The maximum Gasteiger partial charge on any atom is 0.320 e. The first-order chi connectivity index (χ1) is 11.2. The fourth-order valence-corrected chi connectivity index (χ4v) is 2.58. The van der Waals surface area contributed by atoms with Crippen LogP contribution in [-0.4, -0.2) is 34.0 Å². The zero-order valence-electron chi connectivity index (χ0n) is 13.2. The van der Waals surface area contributed by atoms with Gasteiger partial charge in [-0.2, -0.15) is 5.10 Å². The molecule has 0 saturated carbocycles. The Bertz CT molecular complexity index is 664. The minimum absolute atomic E-state index is 0.264. The Morgan fingerprint density at radius 1 is 1.43 bits per heavy atom. The molecule has 2 aromatic rings. The van der Waals surface area contributed by atoms with E-state index in [4.69, 9.17) is 4.74 Å². The number of nitrogens with zero attached hydrogens (tertiary/aromatic N) is 3. The van der Waals surface area contributed by atoms with E-state index in [-0.39, 0.29) is 6.03 Å². The molecule has 1 saturated heterocycles. The number of nitrogens with one attached hydrogen (secondary N) is 2. The van der Waals surface area contributed by atoms with E-state index in [2.05, 4.69) is 20.7 Å². The number of pyridine rings is 1. The summed E-state index contributed by atoms with van der Waals surface area (Å²) in [6.45, 7) is 4.68. The highest BCUT2D eigenvalue weighted by molar-refractivity contribution is 5.88. The van der Waals surface area contributed by atoms with Gasteiger partial charge in [-0.05, 0) is 25.0 Å². The number of hydrogen-bond donors (Lipinski definition) is 2. The minimum atomic E-state index is -0.264. The van der Waals surface area contributed by atoms with Crippen LogP contribution in [0, 0.1) is 12.8 Å². The van der Waals surface area contributed by atoms with Crippen molar-refractivity contribution in [3.05, 3.63) is 41.9 Å². The molecule has 7 nitrogen and oxygen atoms in total. The van der Waals surface area contributed by atoms with Gasteiger partial charge in [0, 0.05) is 31.3 Å². The summed E-state index contributed by atoms with van der Waals surface area (Å²) in [4.78, 5) is 16.3. The molecule has 0 aromatic carbocycles. The molecule has 2 aromatic heterocycles. The average molecular weight is 315 g/mol. The molecule has 3 heterocycles. The van der Waals surface area contributed by atoms with E-state index < -0.39 is 0 Å². The van der Waals surface area contributed by atoms with Gasteiger partial charge >= 0.3 is 6.03 Å². The molecule has 1 atom stereocenters. The van der Waals surface area contributed by atoms with Crippen molar-refractivity contribution in [2.24, 2.45) is 5.92 Å². The van der Waals surface area contributed by atoms with Gasteiger partial charge in [0.1, 0.15) is 5.82 Å². The summed E-state index contributed by atoms with van der Waals surface area (Å²) < 4.78 is 7.19. The molecule has 0 radical (unpaired) electrons. The van der Waals surface area contributed by atoms with Gasteiger partial charge in [-0.3, -0.25) is 10.3 Å². The number of hydrogen-bond acceptors (Lipinski definition) is 4. The van der Waals surface area contributed by atoms with E-state index in [0.717, 1.165) is 37.4 Å². The predicted molar refractivity (Wildman–Crippen MR) is 86.0 cm³/mol. The van der Waals surface area contributed by atoms with Crippen molar-refractivity contribution in [2.75, 3.05) is 18.5 Å². The van der Waals surface area contributed by atoms with Crippen molar-refractivity contribution in [1.82, 2.24) is 20.1 Å². The molecule has 2 N–H and O–H groups in total. The smallest absolute Gasteiger partial charge is 0.320 e. The first-order valence-corrected chi connectivity index (χ1v) is 7.77. The third-order valence-corrected chi connectivity index (χ3v) is 3.95. The second-order valence-corrected chi connectivity index (χ2v) is 5.70. The monoisotopic (exact) mass is 315 g/mol. The van der Waals surface area contributed by atoms with Gasteiger partial charge in [0.2, 0.25) is 0 Å². The number of anilines is 1. The summed E-state index contributed by atoms with van der Waals surface area (Å²) in [5.41, 5.74) is 1.92. The summed E-state index contributed by atoms with van der Waals surface area (Å²) in [6.07, 6.45) is 4.44. The largest absolute Gasteiger partial charge is 0.381 e. The average Bonchev–Trinajstić information content (AvgIpc) is 3.20. The van der Waals surface area contributed by atoms with Crippen LogP contribution in [0.2, 0.25) is 0 Å². The van der Waals surface area contributed by atoms with E-state index in [1.807, 2.05) is 23.7 Å². The number of aromatic nitrogens is 3. The minimum Gasteiger partial charge on any atom is -0.381 e. The topological polar surface area (TPSA) is 81.1 Å². The van der Waals surface area contributed by atoms with Crippen LogP contribution in [0.4, 0.5) is 10.6 Å². The molecule has 1 fully saturated rings. The highest BCUT2D eigenvalue weighted by Gasteiger charge is 2.18. The Morgan fingerprint density at radius 2 is 2.35 bits per heavy atom. The van der Waals surface area contributed by atoms with Gasteiger partial charge in [0.15, 0.2) is 0 Å². The van der Waals surface area contributed by atoms with Crippen molar-refractivity contribution in [2.45, 2.75) is 26.4 Å². The van der Waals surface area contributed by atoms with Gasteiger partial charge in [0.05, 0.1) is 25.0 Å². The summed E-state index contributed by atoms with van der Waals surface area (Å²) in [5, 5.41) is 9.93. The first kappa shape index (κ1) is 15.5. The zero-order valence-corrected chi connectivity index (χ0v) is 13.2. The van der Waals surface area contributed by atoms with Crippen LogP contribution in [0.1, 0.15) is 17.7 Å². The molecular formula is C16H21N5O2. The SMILES string of the molecule is Cc1cccnc1CNC(=O)Nc1ccnn1C[C@@H]1CCOC1. The van der Waals surface area contributed by atoms with E-state index >= 15 is 0 Å². The number of urea groups is 1. The molecule has 0 unspecified atom stereocenters. The lowest BCUT2D eigenvalue weighted by molar-refractivity contribution is 0.181. The summed E-state index contributed by atoms with van der Waals surface area (Å²) in [7, 11) is 0. The van der Waals surface area contributed by atoms with Crippen molar-refractivity contribution >= 4 is 11.8 Å². The summed E-state index contributed by atoms with van der Waals surface area (Å²) in [5.74, 6) is 1.14. The fourth-order valence-electron chi connectivity index (χ4n) is 2.58. The molecular weight excluding hydrogens is 294 g/mol. The molecule has 3 rings (SSSR count). The molecule has 0 bridgehead atoms. The van der Waals surface area contributed by atoms with Crippen LogP contribution in [0.3, 0.4) is 0 Å². The molecule has 0 aliphatic carbocycles. The number of rotatable bonds is 5. The van der Waals surface area contributed by atoms with Crippen molar-refractivity contribution in [1.29, 1.82) is 0 Å². The lowest BCUT2D eigenvalue weighted by Crippen LogP contribution is -2.30. The lowest BCUT2D eigenvalue weighted by atomic mass is 10.1. The molecule has 2 amide bonds. The Morgan fingerprint density at radius 3 is 3.13 bits per heavy atom. The van der Waals surface area contributed by atoms with Crippen molar-refractivity contribution in [3.8, 4) is 0 Å². The van der Waals surface area contributed by atoms with Crippen LogP contribution in [0.25, 0.3) is 0 Å². The zero-order chi connectivity index (χ0) is 16.1. The van der Waals surface area contributed by atoms with Gasteiger partial charge in [0.25, 0.3) is 0 Å². The van der Waals surface area contributed by atoms with Crippen LogP contribution in [-0.2, 0) is 17.8 Å². The Hall–Kier alpha value is -2.41. The van der Waals surface area contributed by atoms with E-state index in [9.17, 15) is 4.79 Å². The Kier molecular flexibility index (Phi) is 4.87. The summed E-state index contributed by atoms with van der Waals surface area (Å²) >= 11 is 0. The quantitative estimate of drug-likeness (QED) is 0.883. The predicted octanol–water partition coefficient (Wildman–Crippen LogP) is 1.94. The third kappa shape index (κ3) is 4.07. The lowest BCUT2D eigenvalue weighted by Gasteiger charge is -2.13. The van der Waals surface area contributed by atoms with Gasteiger partial charge < -0.3 is 10.1 Å². The highest BCUT2D eigenvalue weighted by Crippen LogP contribution is 2.17. The van der Waals surface area contributed by atoms with Crippen molar-refractivity contribution in [3.63, 3.8) is 0 Å². The van der Waals surface area contributed by atoms with Crippen molar-refractivity contribution < 1.29 is 9.53 Å². The second-order valence-electron chi connectivity index (χ2n) is 5.70. The number of aryl methyl sites for hydroxylation is 1. The first-order valence-electron chi connectivity index (χ1n) is 7.77. The van der Waals surface area contributed by atoms with E-state index in [0.29, 0.717) is 18.3 Å². The van der Waals surface area contributed by atoms with Gasteiger partial charge in [-0.15, -0.1) is 0 Å². The fraction of sp³-hybridized carbons (Fsp3) is 0.438. The molecule has 1 aliphatic heterocycles. The Labute approximate surface area is 135 Å². The highest BCUT2D eigenvalue weighted by atomic mass is 16.5. The normalized spacial score (nSPS) is 17.2. The Balaban J connectivity index is 1.54. The van der Waals surface area contributed by atoms with Crippen LogP contribution < -0.4 is 10.6 Å². The standard InChI is InChI=1S/C16H21N5O2/c1-12-3-2-6-17-14(12)9-18-16(22)20-15-4-7-19-21(15)10-13-5-8-23-11-13/h2-4,6-7,13H,5,8-11H2,1H3,(H2,18,20,22)/t13-/m0/s1. The molecule has 122 valence electrons. The second kappa shape index (κ2) is 7.23. The number of ether oxygens (including phenoxy) is 1. The van der Waals surface area contributed by atoms with E-state index in [1.54, 1.807) is 18.5 Å². The van der Waals surface area contributed by atoms with Crippen LogP contribution in [0.5, 0.6) is 0 Å². The number of carbonyl (C=O) groups is 1. The van der Waals surface area contributed by atoms with Gasteiger partial charge in [-0.25, -0.2) is 9.48 Å². The molecule has 23 heavy (non-hydrogen) atoms. The third-order valence-electron chi connectivity index (χ3n) is 3.95. The van der Waals surface area contributed by atoms with Crippen LogP contribution in [0.15, 0.2) is 30.6 Å². The number of carbonyl (C=O) groups excluding carboxylic acids is 1. The van der Waals surface area contributed by atoms with E-state index in [1.165, 1.54) is 0 Å². The molecule has 1 aliphatic rings. The molecule has 7 heteroatoms. The summed E-state index contributed by atoms with van der Waals surface area (Å²) in [6, 6.07) is 5.38. The maximum absolute atomic E-state index is 12.1. The molecule has 0 spiro atoms. The van der Waals surface area contributed by atoms with Gasteiger partial charge in [-0.1, -0.05) is 6.07 Å². The van der Waals surface area contributed by atoms with Crippen LogP contribution >= 0.6 is 0 Å².